The molecule has 19 heavy (non-hydrogen) atoms. The van der Waals surface area contributed by atoms with E-state index in [9.17, 15) is 8.42 Å². The van der Waals surface area contributed by atoms with Gasteiger partial charge in [-0.05, 0) is 40.0 Å². The van der Waals surface area contributed by atoms with Crippen molar-refractivity contribution in [1.29, 1.82) is 0 Å². The Hall–Kier alpha value is -0.990. The molecule has 108 valence electrons. The minimum atomic E-state index is -3.90. The van der Waals surface area contributed by atoms with Crippen LogP contribution >= 0.6 is 0 Å². The molecule has 1 atom stereocenters. The van der Waals surface area contributed by atoms with Crippen LogP contribution in [0.4, 0.5) is 0 Å². The number of hydrogen-bond acceptors (Lipinski definition) is 5. The fourth-order valence-corrected chi connectivity index (χ4v) is 3.03. The van der Waals surface area contributed by atoms with Gasteiger partial charge in [0.2, 0.25) is 0 Å². The van der Waals surface area contributed by atoms with E-state index in [2.05, 4.69) is 10.2 Å². The zero-order valence-corrected chi connectivity index (χ0v) is 12.3. The molecule has 0 aliphatic carbocycles. The molecule has 1 fully saturated rings. The maximum absolute atomic E-state index is 11.6. The van der Waals surface area contributed by atoms with E-state index in [1.54, 1.807) is 4.57 Å². The summed E-state index contributed by atoms with van der Waals surface area (Å²) in [7, 11) is -3.90. The molecule has 1 aliphatic rings. The Kier molecular flexibility index (Phi) is 3.67. The van der Waals surface area contributed by atoms with E-state index in [-0.39, 0.29) is 11.3 Å². The van der Waals surface area contributed by atoms with Gasteiger partial charge in [0, 0.05) is 12.1 Å². The van der Waals surface area contributed by atoms with Crippen LogP contribution in [0.5, 0.6) is 0 Å². The quantitative estimate of drug-likeness (QED) is 0.872. The standard InChI is InChI=1S/C11H20N4O3S/c1-11(2,3)15-9(8-6-4-5-7-18-8)13-14-10(15)19(12,16)17/h8H,4-7H2,1-3H3,(H2,12,16,17). The molecular weight excluding hydrogens is 268 g/mol. The van der Waals surface area contributed by atoms with Crippen LogP contribution in [0.15, 0.2) is 5.16 Å². The molecule has 1 aromatic heterocycles. The van der Waals surface area contributed by atoms with Gasteiger partial charge in [0.05, 0.1) is 0 Å². The van der Waals surface area contributed by atoms with Crippen LogP contribution in [0.25, 0.3) is 0 Å². The van der Waals surface area contributed by atoms with E-state index in [1.807, 2.05) is 20.8 Å². The van der Waals surface area contributed by atoms with Crippen molar-refractivity contribution >= 4 is 10.0 Å². The molecule has 8 heteroatoms. The largest absolute Gasteiger partial charge is 0.370 e. The van der Waals surface area contributed by atoms with Crippen molar-refractivity contribution in [1.82, 2.24) is 14.8 Å². The Morgan fingerprint density at radius 3 is 2.47 bits per heavy atom. The first kappa shape index (κ1) is 14.4. The Morgan fingerprint density at radius 1 is 1.32 bits per heavy atom. The Morgan fingerprint density at radius 2 is 2.00 bits per heavy atom. The number of rotatable bonds is 2. The molecule has 2 N–H and O–H groups in total. The minimum Gasteiger partial charge on any atom is -0.370 e. The van der Waals surface area contributed by atoms with Crippen LogP contribution in [0, 0.1) is 0 Å². The lowest BCUT2D eigenvalue weighted by Crippen LogP contribution is -2.31. The summed E-state index contributed by atoms with van der Waals surface area (Å²) in [6.07, 6.45) is 2.66. The second-order valence-corrected chi connectivity index (χ2v) is 7.20. The SMILES string of the molecule is CC(C)(C)n1c(C2CCCCO2)nnc1S(N)(=O)=O. The van der Waals surface area contributed by atoms with Crippen molar-refractivity contribution in [2.75, 3.05) is 6.61 Å². The van der Waals surface area contributed by atoms with Crippen LogP contribution in [-0.4, -0.2) is 29.8 Å². The van der Waals surface area contributed by atoms with E-state index < -0.39 is 15.6 Å². The topological polar surface area (TPSA) is 100 Å². The average Bonchev–Trinajstić information content (AvgIpc) is 2.74. The number of ether oxygens (including phenoxy) is 1. The summed E-state index contributed by atoms with van der Waals surface area (Å²) >= 11 is 0. The summed E-state index contributed by atoms with van der Waals surface area (Å²) in [6, 6.07) is 0. The minimum absolute atomic E-state index is 0.204. The maximum Gasteiger partial charge on any atom is 0.273 e. The molecule has 0 aromatic carbocycles. The van der Waals surface area contributed by atoms with Gasteiger partial charge in [-0.25, -0.2) is 13.6 Å². The number of primary sulfonamides is 1. The summed E-state index contributed by atoms with van der Waals surface area (Å²) in [4.78, 5) is 0. The number of nitrogens with zero attached hydrogens (tertiary/aromatic N) is 3. The maximum atomic E-state index is 11.6. The summed E-state index contributed by atoms with van der Waals surface area (Å²) < 4.78 is 30.5. The van der Waals surface area contributed by atoms with Crippen molar-refractivity contribution in [2.24, 2.45) is 5.14 Å². The molecule has 1 aliphatic heterocycles. The van der Waals surface area contributed by atoms with Gasteiger partial charge >= 0.3 is 0 Å². The van der Waals surface area contributed by atoms with Gasteiger partial charge in [-0.1, -0.05) is 0 Å². The molecule has 0 radical (unpaired) electrons. The van der Waals surface area contributed by atoms with Gasteiger partial charge in [0.15, 0.2) is 5.82 Å². The first-order valence-corrected chi connectivity index (χ1v) is 7.86. The van der Waals surface area contributed by atoms with Gasteiger partial charge in [0.1, 0.15) is 6.10 Å². The monoisotopic (exact) mass is 288 g/mol. The van der Waals surface area contributed by atoms with E-state index in [1.165, 1.54) is 0 Å². The Labute approximate surface area is 113 Å². The highest BCUT2D eigenvalue weighted by molar-refractivity contribution is 7.89. The first-order chi connectivity index (χ1) is 8.71. The highest BCUT2D eigenvalue weighted by atomic mass is 32.2. The Bertz CT molecular complexity index is 553. The van der Waals surface area contributed by atoms with Crippen LogP contribution in [-0.2, 0) is 20.3 Å². The molecule has 7 nitrogen and oxygen atoms in total. The van der Waals surface area contributed by atoms with Crippen molar-refractivity contribution in [3.05, 3.63) is 5.82 Å². The van der Waals surface area contributed by atoms with Crippen molar-refractivity contribution in [2.45, 2.75) is 56.8 Å². The van der Waals surface area contributed by atoms with E-state index >= 15 is 0 Å². The summed E-state index contributed by atoms with van der Waals surface area (Å²) in [5, 5.41) is 12.8. The zero-order chi connectivity index (χ0) is 14.3. The van der Waals surface area contributed by atoms with Gasteiger partial charge in [-0.2, -0.15) is 0 Å². The number of aromatic nitrogens is 3. The van der Waals surface area contributed by atoms with Crippen molar-refractivity contribution < 1.29 is 13.2 Å². The lowest BCUT2D eigenvalue weighted by atomic mass is 10.1. The van der Waals surface area contributed by atoms with E-state index in [4.69, 9.17) is 9.88 Å². The normalized spacial score (nSPS) is 21.6. The number of hydrogen-bond donors (Lipinski definition) is 1. The lowest BCUT2D eigenvalue weighted by Gasteiger charge is -2.28. The third-order valence-corrected chi connectivity index (χ3v) is 3.82. The fraction of sp³-hybridized carbons (Fsp3) is 0.818. The second-order valence-electron chi connectivity index (χ2n) is 5.75. The number of nitrogens with two attached hydrogens (primary N) is 1. The van der Waals surface area contributed by atoms with E-state index in [0.29, 0.717) is 12.4 Å². The average molecular weight is 288 g/mol. The predicted octanol–water partition coefficient (Wildman–Crippen LogP) is 0.922. The molecule has 1 unspecified atom stereocenters. The third kappa shape index (κ3) is 2.96. The highest BCUT2D eigenvalue weighted by Crippen LogP contribution is 2.31. The molecule has 0 bridgehead atoms. The van der Waals surface area contributed by atoms with Crippen LogP contribution < -0.4 is 5.14 Å². The predicted molar refractivity (Wildman–Crippen MR) is 68.9 cm³/mol. The Balaban J connectivity index is 2.53. The summed E-state index contributed by atoms with van der Waals surface area (Å²) in [5.41, 5.74) is -0.485. The molecule has 0 amide bonds. The summed E-state index contributed by atoms with van der Waals surface area (Å²) in [6.45, 7) is 6.32. The van der Waals surface area contributed by atoms with Crippen LogP contribution in [0.2, 0.25) is 0 Å². The smallest absolute Gasteiger partial charge is 0.273 e. The van der Waals surface area contributed by atoms with Crippen LogP contribution in [0.1, 0.15) is 52.0 Å². The second kappa shape index (κ2) is 4.84. The number of sulfonamides is 1. The van der Waals surface area contributed by atoms with E-state index in [0.717, 1.165) is 19.3 Å². The van der Waals surface area contributed by atoms with Crippen molar-refractivity contribution in [3.63, 3.8) is 0 Å². The van der Waals surface area contributed by atoms with Gasteiger partial charge in [0.25, 0.3) is 15.2 Å². The first-order valence-electron chi connectivity index (χ1n) is 6.31. The molecule has 2 heterocycles. The van der Waals surface area contributed by atoms with Gasteiger partial charge < -0.3 is 4.74 Å². The molecular formula is C11H20N4O3S. The molecule has 1 saturated heterocycles. The fourth-order valence-electron chi connectivity index (χ4n) is 2.25. The molecule has 0 saturated carbocycles. The summed E-state index contributed by atoms with van der Waals surface area (Å²) in [5.74, 6) is 0.538. The third-order valence-electron chi connectivity index (χ3n) is 3.05. The van der Waals surface area contributed by atoms with Gasteiger partial charge in [-0.3, -0.25) is 4.57 Å². The molecule has 1 aromatic rings. The molecule has 0 spiro atoms. The zero-order valence-electron chi connectivity index (χ0n) is 11.5. The molecule has 2 rings (SSSR count). The van der Waals surface area contributed by atoms with Crippen molar-refractivity contribution in [3.8, 4) is 0 Å². The van der Waals surface area contributed by atoms with Gasteiger partial charge in [-0.15, -0.1) is 10.2 Å². The van der Waals surface area contributed by atoms with Crippen LogP contribution in [0.3, 0.4) is 0 Å². The highest BCUT2D eigenvalue weighted by Gasteiger charge is 2.33. The lowest BCUT2D eigenvalue weighted by molar-refractivity contribution is 0.00450.